The predicted octanol–water partition coefficient (Wildman–Crippen LogP) is 6.85. The van der Waals surface area contributed by atoms with Gasteiger partial charge in [-0.3, -0.25) is 0 Å². The molecule has 1 atom stereocenters. The third kappa shape index (κ3) is 9.07. The molecule has 0 aromatic heterocycles. The molecule has 0 aliphatic heterocycles. The predicted molar refractivity (Wildman–Crippen MR) is 144 cm³/mol. The number of rotatable bonds is 14. The van der Waals surface area contributed by atoms with E-state index in [0.29, 0.717) is 29.9 Å². The molecule has 0 spiro atoms. The minimum atomic E-state index is -0.477. The van der Waals surface area contributed by atoms with E-state index >= 15 is 0 Å². The van der Waals surface area contributed by atoms with Crippen LogP contribution >= 0.6 is 0 Å². The zero-order chi connectivity index (χ0) is 26.5. The first-order valence-electron chi connectivity index (χ1n) is 13.0. The standard InChI is InChI=1S/C31H36O6/c1-3-4-5-6-8-23(2)36-30(33)27-15-19-29(20-16-27)37-31(34)26-11-9-24(10-12-26)25-13-17-28(18-14-25)35-22-7-21-32/h9-20,23,32H,3-8,21-22H2,1-2H3/t23-/m0/s1. The van der Waals surface area contributed by atoms with Crippen LogP contribution in [0.2, 0.25) is 0 Å². The minimum Gasteiger partial charge on any atom is -0.494 e. The lowest BCUT2D eigenvalue weighted by Crippen LogP contribution is -2.15. The van der Waals surface area contributed by atoms with Gasteiger partial charge >= 0.3 is 11.9 Å². The monoisotopic (exact) mass is 504 g/mol. The Kier molecular flexibility index (Phi) is 11.2. The summed E-state index contributed by atoms with van der Waals surface area (Å²) in [7, 11) is 0. The van der Waals surface area contributed by atoms with Crippen LogP contribution in [-0.2, 0) is 4.74 Å². The quantitative estimate of drug-likeness (QED) is 0.147. The number of carbonyl (C=O) groups is 2. The van der Waals surface area contributed by atoms with Crippen molar-refractivity contribution in [2.24, 2.45) is 0 Å². The van der Waals surface area contributed by atoms with E-state index in [1.807, 2.05) is 43.3 Å². The molecule has 0 unspecified atom stereocenters. The Hall–Kier alpha value is -3.64. The lowest BCUT2D eigenvalue weighted by atomic mass is 10.0. The zero-order valence-electron chi connectivity index (χ0n) is 21.7. The Labute approximate surface area is 219 Å². The molecular weight excluding hydrogens is 468 g/mol. The largest absolute Gasteiger partial charge is 0.494 e. The molecule has 6 heteroatoms. The third-order valence-electron chi connectivity index (χ3n) is 5.95. The van der Waals surface area contributed by atoms with Gasteiger partial charge in [0, 0.05) is 13.0 Å². The van der Waals surface area contributed by atoms with E-state index in [2.05, 4.69) is 6.92 Å². The van der Waals surface area contributed by atoms with Crippen LogP contribution in [0.25, 0.3) is 11.1 Å². The SMILES string of the molecule is CCCCCC[C@H](C)OC(=O)c1ccc(OC(=O)c2ccc(-c3ccc(OCCCO)cc3)cc2)cc1. The Morgan fingerprint density at radius 3 is 1.92 bits per heavy atom. The highest BCUT2D eigenvalue weighted by Crippen LogP contribution is 2.24. The lowest BCUT2D eigenvalue weighted by molar-refractivity contribution is 0.0319. The topological polar surface area (TPSA) is 82.1 Å². The molecule has 0 radical (unpaired) electrons. The molecule has 3 aromatic rings. The molecule has 3 aromatic carbocycles. The highest BCUT2D eigenvalue weighted by atomic mass is 16.5. The van der Waals surface area contributed by atoms with Crippen molar-refractivity contribution in [3.63, 3.8) is 0 Å². The van der Waals surface area contributed by atoms with Crippen molar-refractivity contribution in [3.8, 4) is 22.6 Å². The summed E-state index contributed by atoms with van der Waals surface area (Å²) >= 11 is 0. The second kappa shape index (κ2) is 14.8. The van der Waals surface area contributed by atoms with Crippen molar-refractivity contribution < 1.29 is 28.9 Å². The first kappa shape index (κ1) is 27.9. The molecule has 0 amide bonds. The van der Waals surface area contributed by atoms with Crippen molar-refractivity contribution in [2.75, 3.05) is 13.2 Å². The van der Waals surface area contributed by atoms with Gasteiger partial charge in [0.2, 0.25) is 0 Å². The Morgan fingerprint density at radius 2 is 1.30 bits per heavy atom. The Bertz CT molecular complexity index is 1100. The van der Waals surface area contributed by atoms with Crippen LogP contribution in [-0.4, -0.2) is 36.4 Å². The van der Waals surface area contributed by atoms with Gasteiger partial charge in [-0.05, 0) is 79.4 Å². The van der Waals surface area contributed by atoms with Gasteiger partial charge in [-0.2, -0.15) is 0 Å². The fourth-order valence-electron chi connectivity index (χ4n) is 3.79. The van der Waals surface area contributed by atoms with Gasteiger partial charge in [-0.25, -0.2) is 9.59 Å². The normalized spacial score (nSPS) is 11.5. The molecule has 0 saturated carbocycles. The summed E-state index contributed by atoms with van der Waals surface area (Å²) in [5.41, 5.74) is 2.80. The fraction of sp³-hybridized carbons (Fsp3) is 0.355. The van der Waals surface area contributed by atoms with Crippen molar-refractivity contribution >= 4 is 11.9 Å². The van der Waals surface area contributed by atoms with Gasteiger partial charge in [0.15, 0.2) is 0 Å². The smallest absolute Gasteiger partial charge is 0.343 e. The Morgan fingerprint density at radius 1 is 0.730 bits per heavy atom. The summed E-state index contributed by atoms with van der Waals surface area (Å²) < 4.78 is 16.6. The molecule has 6 nitrogen and oxygen atoms in total. The maximum absolute atomic E-state index is 12.6. The van der Waals surface area contributed by atoms with Crippen LogP contribution < -0.4 is 9.47 Å². The van der Waals surface area contributed by atoms with Gasteiger partial charge in [0.05, 0.1) is 23.8 Å². The number of hydrogen-bond donors (Lipinski definition) is 1. The molecule has 0 aliphatic carbocycles. The minimum absolute atomic E-state index is 0.103. The highest BCUT2D eigenvalue weighted by Gasteiger charge is 2.14. The number of carbonyl (C=O) groups excluding carboxylic acids is 2. The number of benzene rings is 3. The number of ether oxygens (including phenoxy) is 3. The van der Waals surface area contributed by atoms with Gasteiger partial charge < -0.3 is 19.3 Å². The first-order valence-corrected chi connectivity index (χ1v) is 13.0. The Balaban J connectivity index is 1.51. The van der Waals surface area contributed by atoms with E-state index in [9.17, 15) is 9.59 Å². The summed E-state index contributed by atoms with van der Waals surface area (Å²) in [4.78, 5) is 25.0. The second-order valence-corrected chi connectivity index (χ2v) is 9.01. The van der Waals surface area contributed by atoms with Crippen LogP contribution in [0.3, 0.4) is 0 Å². The molecule has 196 valence electrons. The molecular formula is C31H36O6. The summed E-state index contributed by atoms with van der Waals surface area (Å²) in [6.45, 7) is 4.65. The summed E-state index contributed by atoms with van der Waals surface area (Å²) in [5, 5.41) is 8.84. The van der Waals surface area contributed by atoms with Crippen LogP contribution in [0.4, 0.5) is 0 Å². The first-order chi connectivity index (χ1) is 18.0. The van der Waals surface area contributed by atoms with Crippen molar-refractivity contribution in [3.05, 3.63) is 83.9 Å². The maximum Gasteiger partial charge on any atom is 0.343 e. The van der Waals surface area contributed by atoms with Gasteiger partial charge in [-0.1, -0.05) is 50.5 Å². The van der Waals surface area contributed by atoms with E-state index in [1.165, 1.54) is 12.8 Å². The average molecular weight is 505 g/mol. The number of aliphatic hydroxyl groups is 1. The third-order valence-corrected chi connectivity index (χ3v) is 5.95. The fourth-order valence-corrected chi connectivity index (χ4v) is 3.79. The molecule has 37 heavy (non-hydrogen) atoms. The van der Waals surface area contributed by atoms with Gasteiger partial charge in [0.25, 0.3) is 0 Å². The molecule has 0 heterocycles. The lowest BCUT2D eigenvalue weighted by Gasteiger charge is -2.13. The number of esters is 2. The van der Waals surface area contributed by atoms with E-state index in [0.717, 1.165) is 36.1 Å². The highest BCUT2D eigenvalue weighted by molar-refractivity contribution is 5.92. The van der Waals surface area contributed by atoms with E-state index in [-0.39, 0.29) is 18.7 Å². The van der Waals surface area contributed by atoms with Crippen LogP contribution in [0.15, 0.2) is 72.8 Å². The zero-order valence-corrected chi connectivity index (χ0v) is 21.7. The van der Waals surface area contributed by atoms with Crippen molar-refractivity contribution in [2.45, 2.75) is 58.5 Å². The van der Waals surface area contributed by atoms with Crippen molar-refractivity contribution in [1.29, 1.82) is 0 Å². The van der Waals surface area contributed by atoms with Crippen molar-refractivity contribution in [1.82, 2.24) is 0 Å². The molecule has 0 bridgehead atoms. The molecule has 1 N–H and O–H groups in total. The summed E-state index contributed by atoms with van der Waals surface area (Å²) in [5.74, 6) is 0.250. The van der Waals surface area contributed by atoms with Crippen LogP contribution in [0.5, 0.6) is 11.5 Å². The average Bonchev–Trinajstić information content (AvgIpc) is 2.92. The second-order valence-electron chi connectivity index (χ2n) is 9.01. The molecule has 0 fully saturated rings. The number of unbranched alkanes of at least 4 members (excludes halogenated alkanes) is 3. The van der Waals surface area contributed by atoms with Gasteiger partial charge in [0.1, 0.15) is 11.5 Å². The molecule has 3 rings (SSSR count). The number of hydrogen-bond acceptors (Lipinski definition) is 6. The van der Waals surface area contributed by atoms with E-state index in [4.69, 9.17) is 19.3 Å². The summed E-state index contributed by atoms with van der Waals surface area (Å²) in [6, 6.07) is 21.2. The molecule has 0 saturated heterocycles. The molecule has 0 aliphatic rings. The van der Waals surface area contributed by atoms with E-state index < -0.39 is 5.97 Å². The van der Waals surface area contributed by atoms with E-state index in [1.54, 1.807) is 36.4 Å². The van der Waals surface area contributed by atoms with Crippen LogP contribution in [0, 0.1) is 0 Å². The van der Waals surface area contributed by atoms with Gasteiger partial charge in [-0.15, -0.1) is 0 Å². The number of aliphatic hydroxyl groups excluding tert-OH is 1. The maximum atomic E-state index is 12.6. The summed E-state index contributed by atoms with van der Waals surface area (Å²) in [6.07, 6.45) is 5.88. The van der Waals surface area contributed by atoms with Crippen LogP contribution in [0.1, 0.15) is 73.1 Å².